The predicted molar refractivity (Wildman–Crippen MR) is 73.0 cm³/mol. The average molecular weight is 287 g/mol. The Morgan fingerprint density at radius 1 is 1.16 bits per heavy atom. The summed E-state index contributed by atoms with van der Waals surface area (Å²) >= 11 is 0. The number of anilines is 2. The van der Waals surface area contributed by atoms with Crippen LogP contribution in [-0.2, 0) is 10.1 Å². The first kappa shape index (κ1) is 15.7. The highest BCUT2D eigenvalue weighted by atomic mass is 32.2. The van der Waals surface area contributed by atoms with Gasteiger partial charge >= 0.3 is 0 Å². The van der Waals surface area contributed by atoms with E-state index in [0.717, 1.165) is 12.1 Å². The van der Waals surface area contributed by atoms with Crippen molar-refractivity contribution in [1.29, 1.82) is 0 Å². The molecule has 1 aliphatic carbocycles. The fourth-order valence-corrected chi connectivity index (χ4v) is 2.56. The highest BCUT2D eigenvalue weighted by molar-refractivity contribution is 7.86. The van der Waals surface area contributed by atoms with Crippen molar-refractivity contribution in [2.24, 2.45) is 0 Å². The summed E-state index contributed by atoms with van der Waals surface area (Å²) in [5.41, 5.74) is 14.7. The monoisotopic (exact) mass is 287 g/mol. The van der Waals surface area contributed by atoms with E-state index in [4.69, 9.17) is 11.5 Å². The Labute approximate surface area is 113 Å². The lowest BCUT2D eigenvalue weighted by Gasteiger charge is -2.12. The molecule has 1 aliphatic rings. The van der Waals surface area contributed by atoms with Crippen molar-refractivity contribution in [3.8, 4) is 0 Å². The normalized spacial score (nSPS) is 16.5. The molecule has 0 aliphatic heterocycles. The van der Waals surface area contributed by atoms with E-state index in [1.807, 2.05) is 0 Å². The highest BCUT2D eigenvalue weighted by Gasteiger charge is 2.09. The van der Waals surface area contributed by atoms with Gasteiger partial charge in [0.2, 0.25) is 0 Å². The van der Waals surface area contributed by atoms with Gasteiger partial charge in [0.05, 0.1) is 16.6 Å². The smallest absolute Gasteiger partial charge is 0.126 e. The van der Waals surface area contributed by atoms with Crippen LogP contribution in [0.25, 0.3) is 0 Å². The van der Waals surface area contributed by atoms with Crippen molar-refractivity contribution in [1.82, 2.24) is 0 Å². The van der Waals surface area contributed by atoms with Crippen molar-refractivity contribution in [3.05, 3.63) is 18.2 Å². The molecule has 0 heterocycles. The van der Waals surface area contributed by atoms with E-state index < -0.39 is 15.0 Å². The number of rotatable bonds is 1. The van der Waals surface area contributed by atoms with E-state index in [9.17, 15) is 13.0 Å². The fraction of sp³-hybridized carbons (Fsp3) is 0.500. The van der Waals surface area contributed by atoms with E-state index in [-0.39, 0.29) is 5.69 Å². The van der Waals surface area contributed by atoms with Crippen molar-refractivity contribution >= 4 is 21.5 Å². The molecule has 7 N–H and O–H groups in total. The molecule has 6 nitrogen and oxygen atoms in total. The molecule has 1 saturated carbocycles. The fourth-order valence-electron chi connectivity index (χ4n) is 1.98. The molecule has 0 amide bonds. The topological polar surface area (TPSA) is 137 Å². The first-order valence-corrected chi connectivity index (χ1v) is 7.65. The third-order valence-electron chi connectivity index (χ3n) is 3.03. The van der Waals surface area contributed by atoms with Crippen LogP contribution in [0.5, 0.6) is 0 Å². The summed E-state index contributed by atoms with van der Waals surface area (Å²) in [5, 5.41) is 0. The van der Waals surface area contributed by atoms with E-state index in [1.54, 1.807) is 0 Å². The number of benzene rings is 1. The molecule has 0 unspecified atom stereocenters. The van der Waals surface area contributed by atoms with Gasteiger partial charge in [-0.25, -0.2) is 8.42 Å². The van der Waals surface area contributed by atoms with Crippen LogP contribution in [0.1, 0.15) is 32.1 Å². The lowest BCUT2D eigenvalue weighted by Crippen LogP contribution is -2.61. The van der Waals surface area contributed by atoms with Gasteiger partial charge in [-0.3, -0.25) is 0 Å². The summed E-state index contributed by atoms with van der Waals surface area (Å²) in [4.78, 5) is -0.434. The lowest BCUT2D eigenvalue weighted by molar-refractivity contribution is -0.425. The van der Waals surface area contributed by atoms with Crippen LogP contribution in [0.4, 0.5) is 11.4 Å². The van der Waals surface area contributed by atoms with E-state index in [2.05, 4.69) is 5.73 Å². The van der Waals surface area contributed by atoms with Gasteiger partial charge in [-0.15, -0.1) is 0 Å². The zero-order valence-electron chi connectivity index (χ0n) is 10.8. The number of hydrogen-bond donors (Lipinski definition) is 3. The van der Waals surface area contributed by atoms with Crippen LogP contribution in [0.15, 0.2) is 23.1 Å². The lowest BCUT2D eigenvalue weighted by atomic mass is 9.97. The molecule has 0 bridgehead atoms. The summed E-state index contributed by atoms with van der Waals surface area (Å²) in [7, 11) is -4.48. The molecule has 19 heavy (non-hydrogen) atoms. The van der Waals surface area contributed by atoms with Crippen molar-refractivity contribution in [2.45, 2.75) is 43.0 Å². The maximum absolute atomic E-state index is 10.5. The SMILES string of the molecule is Nc1ccc(S(=O)(=O)[O-])c(N)c1.[NH3+]C1CCCCC1. The number of nitrogens with two attached hydrogens (primary N) is 2. The Bertz CT molecular complexity index is 511. The van der Waals surface area contributed by atoms with Gasteiger partial charge < -0.3 is 21.8 Å². The molecule has 1 aromatic carbocycles. The van der Waals surface area contributed by atoms with Gasteiger partial charge in [0, 0.05) is 5.69 Å². The molecule has 0 atom stereocenters. The minimum Gasteiger partial charge on any atom is -0.744 e. The summed E-state index contributed by atoms with van der Waals surface area (Å²) in [6, 6.07) is 4.41. The predicted octanol–water partition coefficient (Wildman–Crippen LogP) is 0.316. The Kier molecular flexibility index (Phi) is 5.59. The highest BCUT2D eigenvalue weighted by Crippen LogP contribution is 2.19. The van der Waals surface area contributed by atoms with Gasteiger partial charge in [0.25, 0.3) is 0 Å². The Morgan fingerprint density at radius 3 is 2.11 bits per heavy atom. The van der Waals surface area contributed by atoms with Crippen LogP contribution in [-0.4, -0.2) is 19.0 Å². The zero-order chi connectivity index (χ0) is 14.5. The molecule has 0 saturated heterocycles. The second-order valence-corrected chi connectivity index (χ2v) is 6.10. The maximum atomic E-state index is 10.5. The second-order valence-electron chi connectivity index (χ2n) is 4.76. The molecule has 7 heteroatoms. The van der Waals surface area contributed by atoms with Crippen LogP contribution in [0, 0.1) is 0 Å². The van der Waals surface area contributed by atoms with Crippen molar-refractivity contribution in [2.75, 3.05) is 11.5 Å². The van der Waals surface area contributed by atoms with Gasteiger partial charge in [-0.1, -0.05) is 6.42 Å². The molecule has 2 rings (SSSR count). The largest absolute Gasteiger partial charge is 0.744 e. The average Bonchev–Trinajstić information content (AvgIpc) is 2.28. The standard InChI is InChI=1S/C6H8N2O3S.C6H13N/c7-4-1-2-6(5(8)3-4)12(9,10)11;7-6-4-2-1-3-5-6/h1-3H,7-8H2,(H,9,10,11);6H,1-5,7H2. The van der Waals surface area contributed by atoms with Gasteiger partial charge in [0.1, 0.15) is 10.1 Å². The summed E-state index contributed by atoms with van der Waals surface area (Å²) in [6.45, 7) is 0. The third-order valence-corrected chi connectivity index (χ3v) is 3.94. The first-order valence-electron chi connectivity index (χ1n) is 6.24. The third kappa shape index (κ3) is 5.46. The molecular weight excluding hydrogens is 266 g/mol. The van der Waals surface area contributed by atoms with Crippen LogP contribution in [0.3, 0.4) is 0 Å². The molecule has 0 spiro atoms. The van der Waals surface area contributed by atoms with Crippen molar-refractivity contribution in [3.63, 3.8) is 0 Å². The summed E-state index contributed by atoms with van der Waals surface area (Å²) in [5.74, 6) is 0. The van der Waals surface area contributed by atoms with Crippen molar-refractivity contribution < 1.29 is 18.7 Å². The molecule has 0 radical (unpaired) electrons. The molecule has 1 aromatic rings. The van der Waals surface area contributed by atoms with Gasteiger partial charge in [-0.2, -0.15) is 0 Å². The number of quaternary nitrogens is 1. The van der Waals surface area contributed by atoms with Gasteiger partial charge in [-0.05, 0) is 43.9 Å². The molecule has 1 fully saturated rings. The molecular formula is C12H21N3O3S. The minimum absolute atomic E-state index is 0.120. The first-order chi connectivity index (χ1) is 8.80. The quantitative estimate of drug-likeness (QED) is 0.504. The summed E-state index contributed by atoms with van der Waals surface area (Å²) < 4.78 is 31.5. The summed E-state index contributed by atoms with van der Waals surface area (Å²) in [6.07, 6.45) is 7.05. The zero-order valence-corrected chi connectivity index (χ0v) is 11.7. The van der Waals surface area contributed by atoms with Crippen LogP contribution >= 0.6 is 0 Å². The minimum atomic E-state index is -4.48. The molecule has 0 aromatic heterocycles. The molecule has 108 valence electrons. The Morgan fingerprint density at radius 2 is 1.74 bits per heavy atom. The maximum Gasteiger partial charge on any atom is 0.126 e. The van der Waals surface area contributed by atoms with Crippen LogP contribution in [0.2, 0.25) is 0 Å². The number of hydrogen-bond acceptors (Lipinski definition) is 5. The van der Waals surface area contributed by atoms with E-state index in [0.29, 0.717) is 5.69 Å². The van der Waals surface area contributed by atoms with Gasteiger partial charge in [0.15, 0.2) is 0 Å². The van der Waals surface area contributed by atoms with E-state index >= 15 is 0 Å². The van der Waals surface area contributed by atoms with E-state index in [1.165, 1.54) is 44.2 Å². The Hall–Kier alpha value is -1.31. The second kappa shape index (κ2) is 6.74. The number of nitrogen functional groups attached to an aromatic ring is 2. The Balaban J connectivity index is 0.000000218. The van der Waals surface area contributed by atoms with Crippen LogP contribution < -0.4 is 17.2 Å².